The molecule has 0 amide bonds. The molecule has 0 fully saturated rings. The van der Waals surface area contributed by atoms with E-state index in [1.165, 1.54) is 0 Å². The summed E-state index contributed by atoms with van der Waals surface area (Å²) >= 11 is 3.27. The van der Waals surface area contributed by atoms with E-state index >= 15 is 0 Å². The average Bonchev–Trinajstić information content (AvgIpc) is 2.36. The predicted molar refractivity (Wildman–Crippen MR) is 62.3 cm³/mol. The summed E-state index contributed by atoms with van der Waals surface area (Å²) in [5.41, 5.74) is 6.68. The van der Waals surface area contributed by atoms with Crippen molar-refractivity contribution >= 4 is 25.8 Å². The first kappa shape index (κ1) is 11.1. The summed E-state index contributed by atoms with van der Waals surface area (Å²) in [7, 11) is -3.25. The van der Waals surface area contributed by atoms with Crippen LogP contribution in [0, 0.1) is 0 Å². The second kappa shape index (κ2) is 3.57. The SMILES string of the molecule is CCC1C(N)c2cccc(Br)c2S1(=O)=O. The number of benzene rings is 1. The lowest BCUT2D eigenvalue weighted by Crippen LogP contribution is -2.25. The normalized spacial score (nSPS) is 27.7. The number of halogens is 1. The summed E-state index contributed by atoms with van der Waals surface area (Å²) in [5, 5.41) is -0.480. The lowest BCUT2D eigenvalue weighted by molar-refractivity contribution is 0.567. The van der Waals surface area contributed by atoms with Crippen molar-refractivity contribution in [1.29, 1.82) is 0 Å². The van der Waals surface area contributed by atoms with Gasteiger partial charge in [0.2, 0.25) is 0 Å². The molecule has 1 aromatic rings. The minimum atomic E-state index is -3.25. The van der Waals surface area contributed by atoms with Crippen molar-refractivity contribution in [3.05, 3.63) is 28.2 Å². The minimum Gasteiger partial charge on any atom is -0.323 e. The first-order chi connectivity index (χ1) is 7.00. The third kappa shape index (κ3) is 1.45. The molecule has 82 valence electrons. The summed E-state index contributed by atoms with van der Waals surface area (Å²) in [6.45, 7) is 1.85. The molecule has 2 unspecified atom stereocenters. The fourth-order valence-electron chi connectivity index (χ4n) is 2.11. The van der Waals surface area contributed by atoms with Gasteiger partial charge in [0.05, 0.1) is 10.1 Å². The van der Waals surface area contributed by atoms with Crippen LogP contribution in [0.3, 0.4) is 0 Å². The molecule has 1 aliphatic rings. The quantitative estimate of drug-likeness (QED) is 0.860. The summed E-state index contributed by atoms with van der Waals surface area (Å²) < 4.78 is 24.9. The number of nitrogens with two attached hydrogens (primary N) is 1. The zero-order chi connectivity index (χ0) is 11.2. The highest BCUT2D eigenvalue weighted by molar-refractivity contribution is 9.10. The van der Waals surface area contributed by atoms with Gasteiger partial charge in [-0.15, -0.1) is 0 Å². The molecule has 2 rings (SSSR count). The Bertz CT molecular complexity index is 498. The van der Waals surface area contributed by atoms with Gasteiger partial charge in [0.1, 0.15) is 0 Å². The molecule has 0 radical (unpaired) electrons. The topological polar surface area (TPSA) is 60.2 Å². The van der Waals surface area contributed by atoms with Gasteiger partial charge < -0.3 is 5.73 Å². The predicted octanol–water partition coefficient (Wildman–Crippen LogP) is 2.01. The van der Waals surface area contributed by atoms with E-state index in [2.05, 4.69) is 15.9 Å². The Kier molecular flexibility index (Phi) is 2.65. The first-order valence-electron chi connectivity index (χ1n) is 4.78. The molecule has 3 nitrogen and oxygen atoms in total. The molecule has 15 heavy (non-hydrogen) atoms. The number of hydrogen-bond acceptors (Lipinski definition) is 3. The van der Waals surface area contributed by atoms with Crippen molar-refractivity contribution < 1.29 is 8.42 Å². The zero-order valence-electron chi connectivity index (χ0n) is 8.27. The molecule has 0 spiro atoms. The van der Waals surface area contributed by atoms with E-state index in [1.54, 1.807) is 12.1 Å². The molecular formula is C10H12BrNO2S. The Hall–Kier alpha value is -0.390. The van der Waals surface area contributed by atoms with Crippen LogP contribution in [-0.2, 0) is 9.84 Å². The Morgan fingerprint density at radius 3 is 2.67 bits per heavy atom. The van der Waals surface area contributed by atoms with E-state index in [0.717, 1.165) is 5.56 Å². The Balaban J connectivity index is 2.75. The van der Waals surface area contributed by atoms with Crippen LogP contribution in [0.15, 0.2) is 27.6 Å². The van der Waals surface area contributed by atoms with Gasteiger partial charge in [-0.3, -0.25) is 0 Å². The van der Waals surface area contributed by atoms with E-state index in [1.807, 2.05) is 13.0 Å². The maximum atomic E-state index is 12.1. The molecule has 2 atom stereocenters. The Morgan fingerprint density at radius 2 is 2.13 bits per heavy atom. The van der Waals surface area contributed by atoms with E-state index in [9.17, 15) is 8.42 Å². The Morgan fingerprint density at radius 1 is 1.47 bits per heavy atom. The van der Waals surface area contributed by atoms with Crippen molar-refractivity contribution in [2.24, 2.45) is 5.73 Å². The molecule has 5 heteroatoms. The largest absolute Gasteiger partial charge is 0.323 e. The van der Waals surface area contributed by atoms with Gasteiger partial charge in [0, 0.05) is 10.5 Å². The van der Waals surface area contributed by atoms with Gasteiger partial charge in [-0.05, 0) is 34.0 Å². The second-order valence-corrected chi connectivity index (χ2v) is 6.63. The molecule has 0 aliphatic carbocycles. The number of rotatable bonds is 1. The lowest BCUT2D eigenvalue weighted by Gasteiger charge is -2.11. The van der Waals surface area contributed by atoms with Crippen molar-refractivity contribution in [3.8, 4) is 0 Å². The molecule has 0 aromatic heterocycles. The highest BCUT2D eigenvalue weighted by Gasteiger charge is 2.43. The highest BCUT2D eigenvalue weighted by atomic mass is 79.9. The minimum absolute atomic E-state index is 0.379. The van der Waals surface area contributed by atoms with Crippen LogP contribution in [-0.4, -0.2) is 13.7 Å². The van der Waals surface area contributed by atoms with Gasteiger partial charge in [-0.1, -0.05) is 19.1 Å². The fourth-order valence-corrected chi connectivity index (χ4v) is 5.31. The standard InChI is InChI=1S/C10H12BrNO2S/c1-2-8-9(12)6-4-3-5-7(11)10(6)15(8,13)14/h3-5,8-9H,2,12H2,1H3. The van der Waals surface area contributed by atoms with Gasteiger partial charge >= 0.3 is 0 Å². The smallest absolute Gasteiger partial charge is 0.184 e. The maximum Gasteiger partial charge on any atom is 0.184 e. The molecule has 0 saturated carbocycles. The van der Waals surface area contributed by atoms with Gasteiger partial charge in [0.15, 0.2) is 9.84 Å². The van der Waals surface area contributed by atoms with Crippen LogP contribution >= 0.6 is 15.9 Å². The molecule has 1 heterocycles. The lowest BCUT2D eigenvalue weighted by atomic mass is 10.0. The third-order valence-electron chi connectivity index (χ3n) is 2.84. The van der Waals surface area contributed by atoms with Gasteiger partial charge in [-0.2, -0.15) is 0 Å². The maximum absolute atomic E-state index is 12.1. The Labute approximate surface area is 97.7 Å². The van der Waals surface area contributed by atoms with E-state index in [4.69, 9.17) is 5.73 Å². The number of sulfone groups is 1. The number of hydrogen-bond donors (Lipinski definition) is 1. The highest BCUT2D eigenvalue weighted by Crippen LogP contribution is 2.42. The van der Waals surface area contributed by atoms with Crippen LogP contribution in [0.2, 0.25) is 0 Å². The van der Waals surface area contributed by atoms with Gasteiger partial charge in [0.25, 0.3) is 0 Å². The molecule has 2 N–H and O–H groups in total. The second-order valence-electron chi connectivity index (χ2n) is 3.68. The van der Waals surface area contributed by atoms with Crippen molar-refractivity contribution in [3.63, 3.8) is 0 Å². The van der Waals surface area contributed by atoms with E-state index in [0.29, 0.717) is 15.8 Å². The molecule has 1 aliphatic heterocycles. The van der Waals surface area contributed by atoms with Crippen molar-refractivity contribution in [1.82, 2.24) is 0 Å². The van der Waals surface area contributed by atoms with Crippen LogP contribution in [0.25, 0.3) is 0 Å². The van der Waals surface area contributed by atoms with Crippen molar-refractivity contribution in [2.75, 3.05) is 0 Å². The first-order valence-corrected chi connectivity index (χ1v) is 7.12. The summed E-state index contributed by atoms with van der Waals surface area (Å²) in [5.74, 6) is 0. The molecule has 1 aromatic carbocycles. The molecule has 0 saturated heterocycles. The van der Waals surface area contributed by atoms with Crippen LogP contribution < -0.4 is 5.73 Å². The van der Waals surface area contributed by atoms with E-state index < -0.39 is 21.1 Å². The molecular weight excluding hydrogens is 278 g/mol. The summed E-state index contributed by atoms with van der Waals surface area (Å²) in [6.07, 6.45) is 0.546. The van der Waals surface area contributed by atoms with Crippen LogP contribution in [0.4, 0.5) is 0 Å². The zero-order valence-corrected chi connectivity index (χ0v) is 10.7. The number of fused-ring (bicyclic) bond motifs is 1. The average molecular weight is 290 g/mol. The van der Waals surface area contributed by atoms with Crippen LogP contribution in [0.1, 0.15) is 24.9 Å². The van der Waals surface area contributed by atoms with Crippen LogP contribution in [0.5, 0.6) is 0 Å². The molecule has 0 bridgehead atoms. The summed E-state index contributed by atoms with van der Waals surface area (Å²) in [6, 6.07) is 4.95. The van der Waals surface area contributed by atoms with E-state index in [-0.39, 0.29) is 0 Å². The third-order valence-corrected chi connectivity index (χ3v) is 6.21. The van der Waals surface area contributed by atoms with Gasteiger partial charge in [-0.25, -0.2) is 8.42 Å². The monoisotopic (exact) mass is 289 g/mol. The van der Waals surface area contributed by atoms with Crippen molar-refractivity contribution in [2.45, 2.75) is 29.5 Å². The fraction of sp³-hybridized carbons (Fsp3) is 0.400. The summed E-state index contributed by atoms with van der Waals surface area (Å²) in [4.78, 5) is 0.379.